The number of nitrogens with one attached hydrogen (secondary N) is 3. The predicted octanol–water partition coefficient (Wildman–Crippen LogP) is 1.60. The average Bonchev–Trinajstić information content (AvgIpc) is 3.53. The fraction of sp³-hybridized carbons (Fsp3) is 0.429. The lowest BCUT2D eigenvalue weighted by atomic mass is 10.1. The summed E-state index contributed by atoms with van der Waals surface area (Å²) >= 11 is 0. The normalized spacial score (nSPS) is 22.3. The fourth-order valence-electron chi connectivity index (χ4n) is 4.37. The lowest BCUT2D eigenvalue weighted by Gasteiger charge is -2.16. The van der Waals surface area contributed by atoms with Gasteiger partial charge in [-0.15, -0.1) is 0 Å². The summed E-state index contributed by atoms with van der Waals surface area (Å²) in [6.07, 6.45) is 9.70. The van der Waals surface area contributed by atoms with Gasteiger partial charge < -0.3 is 20.4 Å². The number of nitrogens with zero attached hydrogens (tertiary/aromatic N) is 4. The molecule has 162 valence electrons. The van der Waals surface area contributed by atoms with Crippen LogP contribution in [-0.2, 0) is 17.6 Å². The topological polar surface area (TPSA) is 108 Å². The van der Waals surface area contributed by atoms with Crippen LogP contribution >= 0.6 is 0 Å². The van der Waals surface area contributed by atoms with Crippen LogP contribution in [0.5, 0.6) is 0 Å². The third-order valence-electron chi connectivity index (χ3n) is 5.87. The van der Waals surface area contributed by atoms with Crippen molar-refractivity contribution in [1.82, 2.24) is 30.5 Å². The molecule has 3 aliphatic rings. The van der Waals surface area contributed by atoms with Crippen molar-refractivity contribution in [2.75, 3.05) is 26.2 Å². The molecular formula is C21H24FN7O2. The molecule has 2 atom stereocenters. The van der Waals surface area contributed by atoms with E-state index < -0.39 is 0 Å². The van der Waals surface area contributed by atoms with E-state index in [2.05, 4.69) is 30.6 Å². The summed E-state index contributed by atoms with van der Waals surface area (Å²) in [4.78, 5) is 29.3. The number of aromatic amines is 1. The maximum absolute atomic E-state index is 14.3. The molecule has 1 amide bonds. The molecule has 0 bridgehead atoms. The summed E-state index contributed by atoms with van der Waals surface area (Å²) in [5, 5.41) is 6.49. The van der Waals surface area contributed by atoms with Crippen LogP contribution in [0.15, 0.2) is 35.7 Å². The number of aromatic nitrogens is 3. The molecule has 0 spiro atoms. The van der Waals surface area contributed by atoms with Crippen LogP contribution in [0.1, 0.15) is 17.5 Å². The molecular weight excluding hydrogens is 401 g/mol. The molecule has 1 fully saturated rings. The number of cyclic esters (lactones) is 1. The smallest absolute Gasteiger partial charge is 0.415 e. The second-order valence-electron chi connectivity index (χ2n) is 7.98. The molecule has 0 aromatic carbocycles. The Morgan fingerprint density at radius 1 is 1.29 bits per heavy atom. The van der Waals surface area contributed by atoms with Gasteiger partial charge in [-0.1, -0.05) is 0 Å². The van der Waals surface area contributed by atoms with Crippen LogP contribution in [-0.4, -0.2) is 64.4 Å². The zero-order chi connectivity index (χ0) is 21.2. The maximum Gasteiger partial charge on any atom is 0.415 e. The number of fused-ring (bicyclic) bond motifs is 1. The summed E-state index contributed by atoms with van der Waals surface area (Å²) in [5.74, 6) is 0.637. The van der Waals surface area contributed by atoms with Gasteiger partial charge in [-0.25, -0.2) is 19.2 Å². The van der Waals surface area contributed by atoms with Crippen molar-refractivity contribution in [3.8, 4) is 11.4 Å². The van der Waals surface area contributed by atoms with Crippen molar-refractivity contribution in [1.29, 1.82) is 0 Å². The van der Waals surface area contributed by atoms with Gasteiger partial charge in [0.05, 0.1) is 36.7 Å². The molecule has 31 heavy (non-hydrogen) atoms. The highest BCUT2D eigenvalue weighted by atomic mass is 19.1. The molecule has 5 rings (SSSR count). The first-order valence-electron chi connectivity index (χ1n) is 10.5. The molecule has 9 nitrogen and oxygen atoms in total. The number of carbonyl (C=O) groups excluding carboxylic acids is 1. The summed E-state index contributed by atoms with van der Waals surface area (Å²) in [7, 11) is 0. The van der Waals surface area contributed by atoms with Gasteiger partial charge in [-0.3, -0.25) is 9.88 Å². The van der Waals surface area contributed by atoms with Gasteiger partial charge in [0.1, 0.15) is 11.9 Å². The Labute approximate surface area is 178 Å². The quantitative estimate of drug-likeness (QED) is 0.582. The molecule has 4 heterocycles. The van der Waals surface area contributed by atoms with Crippen molar-refractivity contribution in [2.45, 2.75) is 25.4 Å². The molecule has 2 aromatic heterocycles. The number of amides is 1. The minimum atomic E-state index is -0.363. The van der Waals surface area contributed by atoms with E-state index in [-0.39, 0.29) is 18.0 Å². The molecule has 2 aliphatic heterocycles. The predicted molar refractivity (Wildman–Crippen MR) is 112 cm³/mol. The van der Waals surface area contributed by atoms with Gasteiger partial charge in [0, 0.05) is 19.0 Å². The molecule has 2 aromatic rings. The van der Waals surface area contributed by atoms with Crippen molar-refractivity contribution in [2.24, 2.45) is 10.9 Å². The highest BCUT2D eigenvalue weighted by Crippen LogP contribution is 2.34. The number of hydrogen-bond acceptors (Lipinski definition) is 7. The summed E-state index contributed by atoms with van der Waals surface area (Å²) in [6, 6.07) is 0. The van der Waals surface area contributed by atoms with Crippen LogP contribution in [0.3, 0.4) is 0 Å². The van der Waals surface area contributed by atoms with Gasteiger partial charge in [-0.05, 0) is 49.4 Å². The van der Waals surface area contributed by atoms with Gasteiger partial charge >= 0.3 is 6.09 Å². The Balaban J connectivity index is 1.12. The zero-order valence-corrected chi connectivity index (χ0v) is 17.0. The van der Waals surface area contributed by atoms with Gasteiger partial charge in [0.15, 0.2) is 5.82 Å². The third-order valence-corrected chi connectivity index (χ3v) is 5.87. The number of pyridine rings is 1. The second kappa shape index (κ2) is 8.46. The monoisotopic (exact) mass is 425 g/mol. The summed E-state index contributed by atoms with van der Waals surface area (Å²) in [5.41, 5.74) is 3.31. The van der Waals surface area contributed by atoms with Crippen LogP contribution < -0.4 is 10.6 Å². The van der Waals surface area contributed by atoms with Crippen molar-refractivity contribution < 1.29 is 13.9 Å². The Morgan fingerprint density at radius 2 is 2.19 bits per heavy atom. The zero-order valence-electron chi connectivity index (χ0n) is 17.0. The number of halogens is 1. The molecule has 0 saturated carbocycles. The second-order valence-corrected chi connectivity index (χ2v) is 7.98. The summed E-state index contributed by atoms with van der Waals surface area (Å²) < 4.78 is 19.8. The van der Waals surface area contributed by atoms with E-state index in [0.717, 1.165) is 35.5 Å². The Bertz CT molecular complexity index is 1020. The molecule has 1 aliphatic carbocycles. The van der Waals surface area contributed by atoms with Gasteiger partial charge in [-0.2, -0.15) is 0 Å². The number of carbonyl (C=O) groups is 1. The van der Waals surface area contributed by atoms with Crippen LogP contribution in [0.2, 0.25) is 0 Å². The molecule has 1 saturated heterocycles. The first-order chi connectivity index (χ1) is 15.2. The van der Waals surface area contributed by atoms with E-state index in [4.69, 9.17) is 4.74 Å². The van der Waals surface area contributed by atoms with E-state index in [0.29, 0.717) is 44.2 Å². The first-order valence-corrected chi connectivity index (χ1v) is 10.5. The number of hydrogen-bond donors (Lipinski definition) is 3. The maximum atomic E-state index is 14.3. The highest BCUT2D eigenvalue weighted by Gasteiger charge is 2.34. The van der Waals surface area contributed by atoms with E-state index >= 15 is 0 Å². The van der Waals surface area contributed by atoms with E-state index in [1.807, 2.05) is 0 Å². The standard InChI is InChI=1S/C21H24FN7O2/c22-17-8-27-20(18-9-25-12-28-18)16-6-13(5-15(16)17)7-23-2-1-14-11-29(21(30)31-14)19-10-24-3-4-26-19/h4,8-10,12-14,23-24H,1-3,5-7,11H2,(H,25,28). The highest BCUT2D eigenvalue weighted by molar-refractivity contribution is 5.73. The largest absolute Gasteiger partial charge is 0.444 e. The molecule has 3 N–H and O–H groups in total. The minimum Gasteiger partial charge on any atom is -0.444 e. The fourth-order valence-corrected chi connectivity index (χ4v) is 4.37. The number of aliphatic imine (C=N–C) groups is 1. The van der Waals surface area contributed by atoms with Crippen molar-refractivity contribution in [3.05, 3.63) is 47.7 Å². The SMILES string of the molecule is O=C1OC(CCNCC2Cc3c(F)cnc(-c4cnc[nH]4)c3C2)CN1C1=CNCC=N1. The molecule has 10 heteroatoms. The number of H-pyrrole nitrogens is 1. The molecule has 0 radical (unpaired) electrons. The van der Waals surface area contributed by atoms with Crippen molar-refractivity contribution in [3.63, 3.8) is 0 Å². The lowest BCUT2D eigenvalue weighted by Crippen LogP contribution is -2.29. The van der Waals surface area contributed by atoms with Crippen molar-refractivity contribution >= 4 is 12.3 Å². The van der Waals surface area contributed by atoms with Gasteiger partial charge in [0.2, 0.25) is 0 Å². The third kappa shape index (κ3) is 4.02. The average molecular weight is 425 g/mol. The Morgan fingerprint density at radius 3 is 3.00 bits per heavy atom. The first kappa shape index (κ1) is 19.7. The Hall–Kier alpha value is -3.27. The van der Waals surface area contributed by atoms with E-state index in [1.165, 1.54) is 6.20 Å². The number of imidazole rings is 1. The van der Waals surface area contributed by atoms with Gasteiger partial charge in [0.25, 0.3) is 0 Å². The van der Waals surface area contributed by atoms with E-state index in [9.17, 15) is 9.18 Å². The number of ether oxygens (including phenoxy) is 1. The number of rotatable bonds is 7. The Kier molecular flexibility index (Phi) is 5.37. The lowest BCUT2D eigenvalue weighted by molar-refractivity contribution is 0.130. The van der Waals surface area contributed by atoms with Crippen LogP contribution in [0.25, 0.3) is 11.4 Å². The summed E-state index contributed by atoms with van der Waals surface area (Å²) in [6.45, 7) is 2.63. The minimum absolute atomic E-state index is 0.174. The molecule has 2 unspecified atom stereocenters. The van der Waals surface area contributed by atoms with Crippen LogP contribution in [0, 0.1) is 11.7 Å². The van der Waals surface area contributed by atoms with Crippen LogP contribution in [0.4, 0.5) is 9.18 Å². The van der Waals surface area contributed by atoms with E-state index in [1.54, 1.807) is 29.8 Å².